The van der Waals surface area contributed by atoms with Crippen molar-refractivity contribution in [3.05, 3.63) is 21.7 Å². The van der Waals surface area contributed by atoms with Gasteiger partial charge in [0, 0.05) is 5.92 Å². The predicted octanol–water partition coefficient (Wildman–Crippen LogP) is 3.43. The minimum atomic E-state index is -0.113. The Balaban J connectivity index is 1.89. The molecule has 2 atom stereocenters. The number of hydrogen-bond acceptors (Lipinski definition) is 3. The molecule has 2 unspecified atom stereocenters. The molecule has 0 aliphatic heterocycles. The van der Waals surface area contributed by atoms with Crippen LogP contribution in [0.1, 0.15) is 81.5 Å². The molecule has 0 spiro atoms. The van der Waals surface area contributed by atoms with E-state index in [9.17, 15) is 9.90 Å². The van der Waals surface area contributed by atoms with Gasteiger partial charge in [0.15, 0.2) is 0 Å². The van der Waals surface area contributed by atoms with Crippen LogP contribution in [0, 0.1) is 5.92 Å². The molecule has 1 aromatic heterocycles. The molecule has 0 radical (unpaired) electrons. The third-order valence-electron chi connectivity index (χ3n) is 5.04. The summed E-state index contributed by atoms with van der Waals surface area (Å²) < 4.78 is 0. The van der Waals surface area contributed by atoms with Crippen LogP contribution < -0.4 is 5.56 Å². The lowest BCUT2D eigenvalue weighted by atomic mass is 9.82. The van der Waals surface area contributed by atoms with Crippen LogP contribution in [0.2, 0.25) is 0 Å². The van der Waals surface area contributed by atoms with Crippen LogP contribution >= 0.6 is 0 Å². The number of nitrogens with one attached hydrogen (secondary N) is 1. The van der Waals surface area contributed by atoms with Crippen LogP contribution in [0.25, 0.3) is 0 Å². The maximum Gasteiger partial charge on any atom is 0.258 e. The molecule has 0 aromatic carbocycles. The lowest BCUT2D eigenvalue weighted by Gasteiger charge is -2.26. The van der Waals surface area contributed by atoms with Crippen molar-refractivity contribution in [1.29, 1.82) is 0 Å². The molecule has 0 amide bonds. The Labute approximate surface area is 119 Å². The molecular formula is C16H24N2O2. The minimum absolute atomic E-state index is 0.0196. The van der Waals surface area contributed by atoms with Crippen LogP contribution in [0.5, 0.6) is 5.88 Å². The highest BCUT2D eigenvalue weighted by Crippen LogP contribution is 2.38. The van der Waals surface area contributed by atoms with Crippen LogP contribution in [0.15, 0.2) is 4.79 Å². The van der Waals surface area contributed by atoms with Gasteiger partial charge in [0.05, 0.1) is 5.56 Å². The fourth-order valence-corrected chi connectivity index (χ4v) is 3.95. The second kappa shape index (κ2) is 5.58. The zero-order valence-corrected chi connectivity index (χ0v) is 12.2. The van der Waals surface area contributed by atoms with Gasteiger partial charge in [-0.15, -0.1) is 0 Å². The lowest BCUT2D eigenvalue weighted by molar-refractivity contribution is 0.330. The van der Waals surface area contributed by atoms with E-state index >= 15 is 0 Å². The summed E-state index contributed by atoms with van der Waals surface area (Å²) in [4.78, 5) is 19.6. The molecule has 0 bridgehead atoms. The largest absolute Gasteiger partial charge is 0.493 e. The summed E-state index contributed by atoms with van der Waals surface area (Å²) in [6.45, 7) is 2.25. The van der Waals surface area contributed by atoms with Crippen LogP contribution in [0.3, 0.4) is 0 Å². The topological polar surface area (TPSA) is 66.0 Å². The molecule has 1 aromatic rings. The first kappa shape index (κ1) is 13.7. The monoisotopic (exact) mass is 276 g/mol. The van der Waals surface area contributed by atoms with E-state index < -0.39 is 0 Å². The van der Waals surface area contributed by atoms with Gasteiger partial charge in [0.25, 0.3) is 5.56 Å². The van der Waals surface area contributed by atoms with Crippen molar-refractivity contribution >= 4 is 0 Å². The molecule has 110 valence electrons. The molecule has 4 nitrogen and oxygen atoms in total. The second-order valence-electron chi connectivity index (χ2n) is 6.64. The highest BCUT2D eigenvalue weighted by molar-refractivity contribution is 5.28. The van der Waals surface area contributed by atoms with E-state index in [2.05, 4.69) is 16.9 Å². The van der Waals surface area contributed by atoms with Crippen LogP contribution in [-0.2, 0) is 0 Å². The van der Waals surface area contributed by atoms with Gasteiger partial charge >= 0.3 is 0 Å². The maximum atomic E-state index is 12.3. The molecule has 0 saturated heterocycles. The van der Waals surface area contributed by atoms with Gasteiger partial charge in [0.1, 0.15) is 5.82 Å². The summed E-state index contributed by atoms with van der Waals surface area (Å²) in [7, 11) is 0. The smallest absolute Gasteiger partial charge is 0.258 e. The van der Waals surface area contributed by atoms with Crippen molar-refractivity contribution in [2.45, 2.75) is 70.1 Å². The minimum Gasteiger partial charge on any atom is -0.493 e. The molecule has 1 heterocycles. The van der Waals surface area contributed by atoms with Crippen molar-refractivity contribution in [2.75, 3.05) is 0 Å². The average molecular weight is 276 g/mol. The molecule has 2 N–H and O–H groups in total. The van der Waals surface area contributed by atoms with Gasteiger partial charge < -0.3 is 10.1 Å². The van der Waals surface area contributed by atoms with E-state index in [4.69, 9.17) is 0 Å². The van der Waals surface area contributed by atoms with Crippen molar-refractivity contribution < 1.29 is 5.11 Å². The van der Waals surface area contributed by atoms with Gasteiger partial charge in [0.2, 0.25) is 5.88 Å². The molecule has 2 aliphatic carbocycles. The Morgan fingerprint density at radius 2 is 1.80 bits per heavy atom. The van der Waals surface area contributed by atoms with Crippen molar-refractivity contribution in [1.82, 2.24) is 9.97 Å². The number of hydrogen-bond donors (Lipinski definition) is 2. The standard InChI is InChI=1S/C16H24N2O2/c1-10-5-4-8-12(9-10)14-17-15(19)13(16(20)18-14)11-6-2-3-7-11/h10-12H,2-9H2,1H3,(H2,17,18,19,20). The highest BCUT2D eigenvalue weighted by Gasteiger charge is 2.27. The Morgan fingerprint density at radius 1 is 1.10 bits per heavy atom. The third-order valence-corrected chi connectivity index (χ3v) is 5.04. The van der Waals surface area contributed by atoms with Crippen molar-refractivity contribution in [2.24, 2.45) is 5.92 Å². The van der Waals surface area contributed by atoms with E-state index in [0.29, 0.717) is 23.2 Å². The summed E-state index contributed by atoms with van der Waals surface area (Å²) >= 11 is 0. The van der Waals surface area contributed by atoms with Crippen molar-refractivity contribution in [3.63, 3.8) is 0 Å². The lowest BCUT2D eigenvalue weighted by Crippen LogP contribution is -2.22. The average Bonchev–Trinajstić information content (AvgIpc) is 2.91. The Morgan fingerprint density at radius 3 is 2.45 bits per heavy atom. The van der Waals surface area contributed by atoms with Gasteiger partial charge in [-0.25, -0.2) is 0 Å². The Hall–Kier alpha value is -1.32. The summed E-state index contributed by atoms with van der Waals surface area (Å²) in [5.74, 6) is 1.85. The van der Waals surface area contributed by atoms with E-state index in [0.717, 1.165) is 38.5 Å². The zero-order chi connectivity index (χ0) is 14.1. The number of aromatic nitrogens is 2. The molecule has 2 saturated carbocycles. The summed E-state index contributed by atoms with van der Waals surface area (Å²) in [5.41, 5.74) is 0.410. The first-order valence-corrected chi connectivity index (χ1v) is 7.98. The summed E-state index contributed by atoms with van der Waals surface area (Å²) in [6.07, 6.45) is 8.85. The molecule has 2 aliphatic rings. The van der Waals surface area contributed by atoms with E-state index in [-0.39, 0.29) is 17.4 Å². The maximum absolute atomic E-state index is 12.3. The number of aromatic amines is 1. The number of rotatable bonds is 2. The normalized spacial score (nSPS) is 27.9. The quantitative estimate of drug-likeness (QED) is 0.869. The van der Waals surface area contributed by atoms with Gasteiger partial charge in [-0.3, -0.25) is 4.79 Å². The fraction of sp³-hybridized carbons (Fsp3) is 0.750. The van der Waals surface area contributed by atoms with E-state index in [1.807, 2.05) is 0 Å². The summed E-state index contributed by atoms with van der Waals surface area (Å²) in [6, 6.07) is 0. The predicted molar refractivity (Wildman–Crippen MR) is 78.1 cm³/mol. The zero-order valence-electron chi connectivity index (χ0n) is 12.2. The van der Waals surface area contributed by atoms with Gasteiger partial charge in [-0.05, 0) is 37.5 Å². The van der Waals surface area contributed by atoms with Gasteiger partial charge in [-0.2, -0.15) is 4.98 Å². The molecule has 4 heteroatoms. The molecule has 20 heavy (non-hydrogen) atoms. The summed E-state index contributed by atoms with van der Waals surface area (Å²) in [5, 5.41) is 10.2. The number of nitrogens with zero attached hydrogens (tertiary/aromatic N) is 1. The van der Waals surface area contributed by atoms with Crippen LogP contribution in [-0.4, -0.2) is 15.1 Å². The van der Waals surface area contributed by atoms with E-state index in [1.54, 1.807) is 0 Å². The SMILES string of the molecule is CC1CCCC(c2nc(O)c(C3CCCC3)c(=O)[nH]2)C1. The van der Waals surface area contributed by atoms with Crippen molar-refractivity contribution in [3.8, 4) is 5.88 Å². The number of aromatic hydroxyl groups is 1. The molecular weight excluding hydrogens is 252 g/mol. The first-order valence-electron chi connectivity index (χ1n) is 7.98. The Kier molecular flexibility index (Phi) is 3.81. The third kappa shape index (κ3) is 2.60. The Bertz CT molecular complexity index is 532. The molecule has 2 fully saturated rings. The fourth-order valence-electron chi connectivity index (χ4n) is 3.95. The molecule has 3 rings (SSSR count). The van der Waals surface area contributed by atoms with E-state index in [1.165, 1.54) is 12.8 Å². The highest BCUT2D eigenvalue weighted by atomic mass is 16.3. The van der Waals surface area contributed by atoms with Crippen LogP contribution in [0.4, 0.5) is 0 Å². The van der Waals surface area contributed by atoms with Gasteiger partial charge in [-0.1, -0.05) is 32.6 Å². The second-order valence-corrected chi connectivity index (χ2v) is 6.64. The number of H-pyrrole nitrogens is 1. The first-order chi connectivity index (χ1) is 9.65.